The van der Waals surface area contributed by atoms with E-state index in [4.69, 9.17) is 9.15 Å². The zero-order chi connectivity index (χ0) is 19.9. The van der Waals surface area contributed by atoms with Crippen LogP contribution in [0, 0.1) is 6.92 Å². The number of furan rings is 1. The molecule has 1 saturated heterocycles. The van der Waals surface area contributed by atoms with Crippen LogP contribution in [0.5, 0.6) is 0 Å². The minimum atomic E-state index is -0.131. The highest BCUT2D eigenvalue weighted by Crippen LogP contribution is 2.31. The van der Waals surface area contributed by atoms with E-state index in [1.165, 1.54) is 6.33 Å². The van der Waals surface area contributed by atoms with Gasteiger partial charge in [-0.15, -0.1) is 0 Å². The Morgan fingerprint density at radius 2 is 1.89 bits per heavy atom. The molecule has 2 aromatic rings. The molecule has 1 fully saturated rings. The van der Waals surface area contributed by atoms with Crippen molar-refractivity contribution in [3.05, 3.63) is 17.7 Å². The van der Waals surface area contributed by atoms with Gasteiger partial charge in [0.2, 0.25) is 5.71 Å². The van der Waals surface area contributed by atoms with Crippen molar-refractivity contribution in [1.29, 1.82) is 0 Å². The number of hydrogen-bond acceptors (Lipinski definition) is 7. The Hall–Kier alpha value is -2.19. The summed E-state index contributed by atoms with van der Waals surface area (Å²) in [7, 11) is 0. The fraction of sp³-hybridized carbons (Fsp3) is 0.650. The van der Waals surface area contributed by atoms with Gasteiger partial charge in [-0.25, -0.2) is 9.97 Å². The first kappa shape index (κ1) is 20.5. The van der Waals surface area contributed by atoms with E-state index < -0.39 is 0 Å². The Balaban J connectivity index is 1.78. The standard InChI is InChI=1S/C20H31N5O3/c1-4-7-24(8-5-2)9-6-21-19(26)16-15(3)28-20-17(16)18(22-14-23-20)25-10-12-27-13-11-25/h14H,4-13H2,1-3H3,(H,21,26). The number of amides is 1. The van der Waals surface area contributed by atoms with Gasteiger partial charge in [0.15, 0.2) is 0 Å². The molecule has 8 heteroatoms. The van der Waals surface area contributed by atoms with Gasteiger partial charge >= 0.3 is 0 Å². The molecule has 3 heterocycles. The fourth-order valence-electron chi connectivity index (χ4n) is 3.70. The molecule has 0 atom stereocenters. The van der Waals surface area contributed by atoms with Crippen molar-refractivity contribution < 1.29 is 13.9 Å². The summed E-state index contributed by atoms with van der Waals surface area (Å²) in [5.74, 6) is 1.18. The Labute approximate surface area is 166 Å². The summed E-state index contributed by atoms with van der Waals surface area (Å²) in [5.41, 5.74) is 0.993. The van der Waals surface area contributed by atoms with E-state index in [0.717, 1.165) is 51.4 Å². The third-order valence-electron chi connectivity index (χ3n) is 4.98. The molecule has 8 nitrogen and oxygen atoms in total. The number of fused-ring (bicyclic) bond motifs is 1. The normalized spacial score (nSPS) is 14.8. The molecule has 1 N–H and O–H groups in total. The van der Waals surface area contributed by atoms with Gasteiger partial charge in [0.25, 0.3) is 5.91 Å². The smallest absolute Gasteiger partial charge is 0.255 e. The van der Waals surface area contributed by atoms with Crippen molar-refractivity contribution in [2.24, 2.45) is 0 Å². The zero-order valence-corrected chi connectivity index (χ0v) is 17.2. The molecule has 3 rings (SSSR count). The lowest BCUT2D eigenvalue weighted by Gasteiger charge is -2.28. The van der Waals surface area contributed by atoms with Crippen LogP contribution in [0.2, 0.25) is 0 Å². The lowest BCUT2D eigenvalue weighted by molar-refractivity contribution is 0.0948. The number of anilines is 1. The highest BCUT2D eigenvalue weighted by Gasteiger charge is 2.25. The number of aromatic nitrogens is 2. The lowest BCUT2D eigenvalue weighted by Crippen LogP contribution is -2.37. The lowest BCUT2D eigenvalue weighted by atomic mass is 10.1. The molecule has 0 spiro atoms. The second kappa shape index (κ2) is 9.84. The van der Waals surface area contributed by atoms with Gasteiger partial charge in [-0.05, 0) is 32.9 Å². The number of morpholine rings is 1. The van der Waals surface area contributed by atoms with E-state index in [0.29, 0.717) is 42.2 Å². The van der Waals surface area contributed by atoms with Crippen LogP contribution >= 0.6 is 0 Å². The largest absolute Gasteiger partial charge is 0.442 e. The number of rotatable bonds is 9. The summed E-state index contributed by atoms with van der Waals surface area (Å²) in [5, 5.41) is 3.75. The average molecular weight is 390 g/mol. The molecule has 0 radical (unpaired) electrons. The summed E-state index contributed by atoms with van der Waals surface area (Å²) in [6.07, 6.45) is 3.71. The number of ether oxygens (including phenoxy) is 1. The molecular weight excluding hydrogens is 358 g/mol. The molecule has 28 heavy (non-hydrogen) atoms. The summed E-state index contributed by atoms with van der Waals surface area (Å²) in [6.45, 7) is 12.5. The molecule has 154 valence electrons. The highest BCUT2D eigenvalue weighted by atomic mass is 16.5. The van der Waals surface area contributed by atoms with Gasteiger partial charge in [0, 0.05) is 26.2 Å². The molecule has 0 aromatic carbocycles. The van der Waals surface area contributed by atoms with Gasteiger partial charge in [-0.2, -0.15) is 0 Å². The fourth-order valence-corrected chi connectivity index (χ4v) is 3.70. The predicted octanol–water partition coefficient (Wildman–Crippen LogP) is 2.22. The first-order chi connectivity index (χ1) is 13.7. The third-order valence-corrected chi connectivity index (χ3v) is 4.98. The van der Waals surface area contributed by atoms with Crippen LogP contribution in [0.25, 0.3) is 11.1 Å². The number of carbonyl (C=O) groups is 1. The molecule has 1 aliphatic rings. The van der Waals surface area contributed by atoms with Crippen molar-refractivity contribution in [1.82, 2.24) is 20.2 Å². The Bertz CT molecular complexity index is 779. The maximum Gasteiger partial charge on any atom is 0.255 e. The number of nitrogens with one attached hydrogen (secondary N) is 1. The van der Waals surface area contributed by atoms with Gasteiger partial charge in [0.05, 0.1) is 24.2 Å². The molecular formula is C20H31N5O3. The summed E-state index contributed by atoms with van der Waals surface area (Å²) >= 11 is 0. The SMILES string of the molecule is CCCN(CCC)CCNC(=O)c1c(C)oc2ncnc(N3CCOCC3)c12. The average Bonchev–Trinajstić information content (AvgIpc) is 3.04. The van der Waals surface area contributed by atoms with Crippen LogP contribution in [0.3, 0.4) is 0 Å². The second-order valence-corrected chi connectivity index (χ2v) is 7.11. The van der Waals surface area contributed by atoms with Crippen molar-refractivity contribution >= 4 is 22.8 Å². The first-order valence-electron chi connectivity index (χ1n) is 10.2. The van der Waals surface area contributed by atoms with Crippen LogP contribution in [-0.2, 0) is 4.74 Å². The van der Waals surface area contributed by atoms with Crippen LogP contribution in [0.1, 0.15) is 42.8 Å². The molecule has 2 aromatic heterocycles. The van der Waals surface area contributed by atoms with Gasteiger partial charge in [-0.1, -0.05) is 13.8 Å². The van der Waals surface area contributed by atoms with Crippen molar-refractivity contribution in [2.75, 3.05) is 57.4 Å². The van der Waals surface area contributed by atoms with Crippen LogP contribution in [0.15, 0.2) is 10.7 Å². The van der Waals surface area contributed by atoms with Crippen LogP contribution in [0.4, 0.5) is 5.82 Å². The van der Waals surface area contributed by atoms with Crippen molar-refractivity contribution in [3.63, 3.8) is 0 Å². The maximum absolute atomic E-state index is 13.0. The Morgan fingerprint density at radius 3 is 2.57 bits per heavy atom. The zero-order valence-electron chi connectivity index (χ0n) is 17.2. The summed E-state index contributed by atoms with van der Waals surface area (Å²) in [6, 6.07) is 0. The van der Waals surface area contributed by atoms with Gasteiger partial charge in [0.1, 0.15) is 17.9 Å². The maximum atomic E-state index is 13.0. The van der Waals surface area contributed by atoms with Crippen molar-refractivity contribution in [2.45, 2.75) is 33.6 Å². The van der Waals surface area contributed by atoms with Gasteiger partial charge < -0.3 is 24.3 Å². The number of carbonyl (C=O) groups excluding carboxylic acids is 1. The quantitative estimate of drug-likeness (QED) is 0.704. The van der Waals surface area contributed by atoms with Gasteiger partial charge in [-0.3, -0.25) is 4.79 Å². The molecule has 1 amide bonds. The third kappa shape index (κ3) is 4.62. The number of nitrogens with zero attached hydrogens (tertiary/aromatic N) is 4. The molecule has 0 bridgehead atoms. The molecule has 0 saturated carbocycles. The van der Waals surface area contributed by atoms with E-state index in [9.17, 15) is 4.79 Å². The topological polar surface area (TPSA) is 83.7 Å². The summed E-state index contributed by atoms with van der Waals surface area (Å²) < 4.78 is 11.2. The Kier molecular flexibility index (Phi) is 7.22. The minimum absolute atomic E-state index is 0.131. The van der Waals surface area contributed by atoms with E-state index in [1.807, 2.05) is 0 Å². The monoisotopic (exact) mass is 389 g/mol. The first-order valence-corrected chi connectivity index (χ1v) is 10.2. The number of hydrogen-bond donors (Lipinski definition) is 1. The molecule has 1 aliphatic heterocycles. The number of aryl methyl sites for hydroxylation is 1. The van der Waals surface area contributed by atoms with Crippen LogP contribution in [-0.4, -0.2) is 73.3 Å². The van der Waals surface area contributed by atoms with Crippen molar-refractivity contribution in [3.8, 4) is 0 Å². The predicted molar refractivity (Wildman–Crippen MR) is 109 cm³/mol. The Morgan fingerprint density at radius 1 is 1.18 bits per heavy atom. The van der Waals surface area contributed by atoms with Crippen LogP contribution < -0.4 is 10.2 Å². The molecule has 0 unspecified atom stereocenters. The minimum Gasteiger partial charge on any atom is -0.442 e. The van der Waals surface area contributed by atoms with E-state index >= 15 is 0 Å². The van der Waals surface area contributed by atoms with E-state index in [1.54, 1.807) is 6.92 Å². The highest BCUT2D eigenvalue weighted by molar-refractivity contribution is 6.10. The molecule has 0 aliphatic carbocycles. The van der Waals surface area contributed by atoms with E-state index in [2.05, 4.69) is 38.9 Å². The second-order valence-electron chi connectivity index (χ2n) is 7.11. The summed E-state index contributed by atoms with van der Waals surface area (Å²) in [4.78, 5) is 26.2. The van der Waals surface area contributed by atoms with E-state index in [-0.39, 0.29) is 5.91 Å².